The maximum absolute atomic E-state index is 12.3. The zero-order valence-electron chi connectivity index (χ0n) is 13.3. The van der Waals surface area contributed by atoms with Crippen LogP contribution < -0.4 is 5.43 Å². The molecule has 2 aromatic heterocycles. The van der Waals surface area contributed by atoms with Gasteiger partial charge < -0.3 is 30.1 Å². The minimum atomic E-state index is -1.70. The van der Waals surface area contributed by atoms with E-state index in [1.54, 1.807) is 4.57 Å². The first kappa shape index (κ1) is 19.0. The van der Waals surface area contributed by atoms with Crippen molar-refractivity contribution in [3.05, 3.63) is 40.4 Å². The minimum Gasteiger partial charge on any atom is -0.481 e. The molecule has 0 aliphatic carbocycles. The predicted octanol–water partition coefficient (Wildman–Crippen LogP) is -0.991. The average Bonchev–Trinajstić information content (AvgIpc) is 2.61. The Morgan fingerprint density at radius 1 is 1.24 bits per heavy atom. The monoisotopic (exact) mass is 352 g/mol. The molecule has 2 aromatic rings. The number of nitrogens with zero attached hydrogens (tertiary/aromatic N) is 2. The standard InChI is InChI=1S/C16H20N2O7/c19-8-12(21)16(25)15(24)9-6-17-7-10-14(9)11(20)3-5-18(10)4-1-2-13(22)23/h3,5-7,12,15-16,19,21,24-25H,1-2,4,8H2,(H,22,23). The van der Waals surface area contributed by atoms with Crippen LogP contribution in [-0.2, 0) is 11.3 Å². The van der Waals surface area contributed by atoms with E-state index in [0.717, 1.165) is 0 Å². The van der Waals surface area contributed by atoms with Crippen LogP contribution in [0.25, 0.3) is 10.9 Å². The Bertz CT molecular complexity index is 805. The third-order valence-electron chi connectivity index (χ3n) is 3.93. The van der Waals surface area contributed by atoms with Gasteiger partial charge in [0.05, 0.1) is 23.7 Å². The molecule has 136 valence electrons. The van der Waals surface area contributed by atoms with E-state index in [2.05, 4.69) is 4.98 Å². The summed E-state index contributed by atoms with van der Waals surface area (Å²) >= 11 is 0. The Labute approximate surface area is 142 Å². The average molecular weight is 352 g/mol. The molecule has 0 aromatic carbocycles. The number of aliphatic hydroxyl groups is 4. The van der Waals surface area contributed by atoms with Crippen LogP contribution >= 0.6 is 0 Å². The molecule has 0 radical (unpaired) electrons. The number of carboxylic acid groups (broad SMARTS) is 1. The Kier molecular flexibility index (Phi) is 6.21. The molecule has 5 N–H and O–H groups in total. The van der Waals surface area contributed by atoms with Crippen LogP contribution in [0, 0.1) is 0 Å². The van der Waals surface area contributed by atoms with Crippen molar-refractivity contribution in [3.8, 4) is 0 Å². The fourth-order valence-electron chi connectivity index (χ4n) is 2.59. The van der Waals surface area contributed by atoms with Gasteiger partial charge in [-0.25, -0.2) is 0 Å². The van der Waals surface area contributed by atoms with E-state index in [1.807, 2.05) is 0 Å². The molecular weight excluding hydrogens is 332 g/mol. The van der Waals surface area contributed by atoms with Crippen LogP contribution in [0.3, 0.4) is 0 Å². The zero-order valence-corrected chi connectivity index (χ0v) is 13.3. The summed E-state index contributed by atoms with van der Waals surface area (Å²) in [6.07, 6.45) is -0.475. The van der Waals surface area contributed by atoms with Crippen molar-refractivity contribution in [1.29, 1.82) is 0 Å². The van der Waals surface area contributed by atoms with Gasteiger partial charge in [-0.15, -0.1) is 0 Å². The Morgan fingerprint density at radius 2 is 1.96 bits per heavy atom. The van der Waals surface area contributed by atoms with Gasteiger partial charge in [0, 0.05) is 37.0 Å². The summed E-state index contributed by atoms with van der Waals surface area (Å²) in [7, 11) is 0. The van der Waals surface area contributed by atoms with Crippen LogP contribution in [0.4, 0.5) is 0 Å². The summed E-state index contributed by atoms with van der Waals surface area (Å²) in [4.78, 5) is 26.9. The van der Waals surface area contributed by atoms with Crippen molar-refractivity contribution < 1.29 is 30.3 Å². The highest BCUT2D eigenvalue weighted by molar-refractivity contribution is 5.82. The number of aliphatic carboxylic acids is 1. The predicted molar refractivity (Wildman–Crippen MR) is 86.9 cm³/mol. The first-order chi connectivity index (χ1) is 11.9. The molecule has 25 heavy (non-hydrogen) atoms. The summed E-state index contributed by atoms with van der Waals surface area (Å²) in [5.74, 6) is -0.930. The van der Waals surface area contributed by atoms with E-state index in [0.29, 0.717) is 18.5 Å². The number of fused-ring (bicyclic) bond motifs is 1. The molecule has 0 saturated heterocycles. The van der Waals surface area contributed by atoms with Gasteiger partial charge in [0.2, 0.25) is 0 Å². The molecule has 0 fully saturated rings. The fraction of sp³-hybridized carbons (Fsp3) is 0.438. The van der Waals surface area contributed by atoms with Crippen molar-refractivity contribution in [2.75, 3.05) is 6.61 Å². The Balaban J connectivity index is 2.46. The lowest BCUT2D eigenvalue weighted by atomic mass is 9.98. The van der Waals surface area contributed by atoms with E-state index in [4.69, 9.17) is 10.2 Å². The molecule has 0 saturated carbocycles. The first-order valence-electron chi connectivity index (χ1n) is 7.70. The van der Waals surface area contributed by atoms with E-state index in [9.17, 15) is 24.9 Å². The van der Waals surface area contributed by atoms with E-state index >= 15 is 0 Å². The Hall–Kier alpha value is -2.33. The summed E-state index contributed by atoms with van der Waals surface area (Å²) in [5.41, 5.74) is -0.0122. The van der Waals surface area contributed by atoms with Gasteiger partial charge in [0.1, 0.15) is 18.3 Å². The van der Waals surface area contributed by atoms with Crippen molar-refractivity contribution in [1.82, 2.24) is 9.55 Å². The topological polar surface area (TPSA) is 153 Å². The molecule has 0 bridgehead atoms. The lowest BCUT2D eigenvalue weighted by Crippen LogP contribution is -2.35. The lowest BCUT2D eigenvalue weighted by Gasteiger charge is -2.23. The highest BCUT2D eigenvalue weighted by atomic mass is 16.4. The summed E-state index contributed by atoms with van der Waals surface area (Å²) in [5, 5.41) is 47.4. The number of aryl methyl sites for hydroxylation is 1. The number of aromatic nitrogens is 2. The maximum Gasteiger partial charge on any atom is 0.303 e. The van der Waals surface area contributed by atoms with Gasteiger partial charge >= 0.3 is 5.97 Å². The fourth-order valence-corrected chi connectivity index (χ4v) is 2.59. The molecular formula is C16H20N2O7. The summed E-state index contributed by atoms with van der Waals surface area (Å²) in [6, 6.07) is 1.27. The summed E-state index contributed by atoms with van der Waals surface area (Å²) in [6.45, 7) is -0.429. The van der Waals surface area contributed by atoms with Crippen LogP contribution in [0.5, 0.6) is 0 Å². The number of rotatable bonds is 8. The van der Waals surface area contributed by atoms with Crippen molar-refractivity contribution >= 4 is 16.9 Å². The van der Waals surface area contributed by atoms with E-state index in [-0.39, 0.29) is 17.4 Å². The molecule has 0 spiro atoms. The van der Waals surface area contributed by atoms with Gasteiger partial charge in [-0.05, 0) is 6.42 Å². The summed E-state index contributed by atoms with van der Waals surface area (Å²) < 4.78 is 1.64. The van der Waals surface area contributed by atoms with Crippen LogP contribution in [0.2, 0.25) is 0 Å². The molecule has 0 aliphatic rings. The SMILES string of the molecule is O=C(O)CCCn1ccc(=O)c2c(C(O)C(O)C(O)CO)cncc21. The molecule has 0 amide bonds. The second-order valence-corrected chi connectivity index (χ2v) is 5.68. The number of aliphatic hydroxyl groups excluding tert-OH is 4. The number of hydrogen-bond acceptors (Lipinski definition) is 7. The second-order valence-electron chi connectivity index (χ2n) is 5.68. The van der Waals surface area contributed by atoms with Crippen molar-refractivity contribution in [3.63, 3.8) is 0 Å². The van der Waals surface area contributed by atoms with Crippen LogP contribution in [0.15, 0.2) is 29.5 Å². The third-order valence-corrected chi connectivity index (χ3v) is 3.93. The number of hydrogen-bond donors (Lipinski definition) is 5. The van der Waals surface area contributed by atoms with Gasteiger partial charge in [-0.3, -0.25) is 14.6 Å². The van der Waals surface area contributed by atoms with E-state index in [1.165, 1.54) is 24.7 Å². The number of carboxylic acids is 1. The highest BCUT2D eigenvalue weighted by Crippen LogP contribution is 2.24. The van der Waals surface area contributed by atoms with Crippen molar-refractivity contribution in [2.45, 2.75) is 37.7 Å². The minimum absolute atomic E-state index is 0.0232. The highest BCUT2D eigenvalue weighted by Gasteiger charge is 2.28. The van der Waals surface area contributed by atoms with Gasteiger partial charge in [0.25, 0.3) is 0 Å². The van der Waals surface area contributed by atoms with Crippen LogP contribution in [0.1, 0.15) is 24.5 Å². The van der Waals surface area contributed by atoms with Crippen molar-refractivity contribution in [2.24, 2.45) is 0 Å². The molecule has 3 atom stereocenters. The van der Waals surface area contributed by atoms with Gasteiger partial charge in [0.15, 0.2) is 5.43 Å². The Morgan fingerprint density at radius 3 is 2.60 bits per heavy atom. The number of pyridine rings is 2. The molecule has 9 heteroatoms. The quantitative estimate of drug-likeness (QED) is 0.406. The molecule has 2 heterocycles. The van der Waals surface area contributed by atoms with Crippen LogP contribution in [-0.4, -0.2) is 59.9 Å². The number of carbonyl (C=O) groups is 1. The molecule has 2 rings (SSSR count). The molecule has 0 aliphatic heterocycles. The smallest absolute Gasteiger partial charge is 0.303 e. The van der Waals surface area contributed by atoms with Gasteiger partial charge in [-0.1, -0.05) is 0 Å². The normalized spacial score (nSPS) is 15.0. The van der Waals surface area contributed by atoms with E-state index < -0.39 is 36.3 Å². The lowest BCUT2D eigenvalue weighted by molar-refractivity contribution is -0.137. The first-order valence-corrected chi connectivity index (χ1v) is 7.70. The second kappa shape index (κ2) is 8.17. The molecule has 3 unspecified atom stereocenters. The third kappa shape index (κ3) is 4.20. The maximum atomic E-state index is 12.3. The molecule has 9 nitrogen and oxygen atoms in total. The van der Waals surface area contributed by atoms with Gasteiger partial charge in [-0.2, -0.15) is 0 Å². The zero-order chi connectivity index (χ0) is 18.6. The largest absolute Gasteiger partial charge is 0.481 e.